The molecule has 3 rings (SSSR count). The number of hydrogen-bond acceptors (Lipinski definition) is 5. The van der Waals surface area contributed by atoms with Gasteiger partial charge in [-0.2, -0.15) is 0 Å². The van der Waals surface area contributed by atoms with E-state index in [1.807, 2.05) is 42.3 Å². The zero-order valence-corrected chi connectivity index (χ0v) is 15.2. The van der Waals surface area contributed by atoms with Gasteiger partial charge in [0.1, 0.15) is 6.26 Å². The van der Waals surface area contributed by atoms with Crippen LogP contribution in [0.15, 0.2) is 41.0 Å². The number of carbonyl (C=O) groups excluding carboxylic acids is 1. The van der Waals surface area contributed by atoms with Crippen molar-refractivity contribution in [3.05, 3.63) is 42.3 Å². The monoisotopic (exact) mass is 367 g/mol. The van der Waals surface area contributed by atoms with Crippen LogP contribution >= 0.6 is 24.2 Å². The minimum atomic E-state index is 0. The molecule has 1 aliphatic rings. The Morgan fingerprint density at radius 1 is 1.42 bits per heavy atom. The van der Waals surface area contributed by atoms with Crippen LogP contribution in [0, 0.1) is 0 Å². The predicted molar refractivity (Wildman–Crippen MR) is 99.4 cm³/mol. The molecule has 1 N–H and O–H groups in total. The van der Waals surface area contributed by atoms with Crippen molar-refractivity contribution in [1.29, 1.82) is 0 Å². The van der Waals surface area contributed by atoms with Gasteiger partial charge in [-0.15, -0.1) is 24.2 Å². The number of hydrogen-bond donors (Lipinski definition) is 1. The maximum atomic E-state index is 12.2. The standard InChI is InChI=1S/C17H21N3O2S.ClH/c1-20(15-7-8-18-9-15)16(21)12-23-11-14-10-22-17(19-14)13-5-3-2-4-6-13;/h2-6,10,15,18H,7-9,11-12H2,1H3;1H. The van der Waals surface area contributed by atoms with Crippen LogP contribution in [0.3, 0.4) is 0 Å². The summed E-state index contributed by atoms with van der Waals surface area (Å²) < 4.78 is 5.51. The predicted octanol–water partition coefficient (Wildman–Crippen LogP) is 2.82. The summed E-state index contributed by atoms with van der Waals surface area (Å²) in [5.41, 5.74) is 1.83. The van der Waals surface area contributed by atoms with Crippen LogP contribution in [0.25, 0.3) is 11.5 Å². The second-order valence-electron chi connectivity index (χ2n) is 5.65. The van der Waals surface area contributed by atoms with E-state index in [4.69, 9.17) is 4.42 Å². The first-order chi connectivity index (χ1) is 11.2. The van der Waals surface area contributed by atoms with Crippen molar-refractivity contribution in [2.75, 3.05) is 25.9 Å². The van der Waals surface area contributed by atoms with Crippen molar-refractivity contribution in [1.82, 2.24) is 15.2 Å². The number of amides is 1. The van der Waals surface area contributed by atoms with Gasteiger partial charge in [0.15, 0.2) is 0 Å². The van der Waals surface area contributed by atoms with Gasteiger partial charge in [-0.3, -0.25) is 4.79 Å². The van der Waals surface area contributed by atoms with Crippen LogP contribution in [-0.2, 0) is 10.5 Å². The van der Waals surface area contributed by atoms with Gasteiger partial charge in [0, 0.05) is 31.0 Å². The highest BCUT2D eigenvalue weighted by Gasteiger charge is 2.22. The molecule has 2 aromatic rings. The van der Waals surface area contributed by atoms with Gasteiger partial charge in [0.25, 0.3) is 0 Å². The van der Waals surface area contributed by atoms with Crippen molar-refractivity contribution >= 4 is 30.1 Å². The number of likely N-dealkylation sites (N-methyl/N-ethyl adjacent to an activating group) is 1. The Balaban J connectivity index is 0.00000208. The number of benzene rings is 1. The van der Waals surface area contributed by atoms with Crippen molar-refractivity contribution in [2.45, 2.75) is 18.2 Å². The second-order valence-corrected chi connectivity index (χ2v) is 6.64. The number of carbonyl (C=O) groups is 1. The van der Waals surface area contributed by atoms with Crippen LogP contribution in [0.1, 0.15) is 12.1 Å². The average Bonchev–Trinajstić information content (AvgIpc) is 3.27. The number of nitrogens with one attached hydrogen (secondary N) is 1. The van der Waals surface area contributed by atoms with Gasteiger partial charge in [0.2, 0.25) is 11.8 Å². The average molecular weight is 368 g/mol. The minimum Gasteiger partial charge on any atom is -0.444 e. The molecule has 1 fully saturated rings. The van der Waals surface area contributed by atoms with Crippen molar-refractivity contribution in [3.63, 3.8) is 0 Å². The third-order valence-corrected chi connectivity index (χ3v) is 4.97. The summed E-state index contributed by atoms with van der Waals surface area (Å²) in [6, 6.07) is 10.2. The lowest BCUT2D eigenvalue weighted by Crippen LogP contribution is -2.39. The zero-order chi connectivity index (χ0) is 16.1. The maximum Gasteiger partial charge on any atom is 0.232 e. The summed E-state index contributed by atoms with van der Waals surface area (Å²) >= 11 is 1.58. The molecule has 0 saturated carbocycles. The number of oxazole rings is 1. The van der Waals surface area contributed by atoms with Gasteiger partial charge in [0.05, 0.1) is 11.4 Å². The smallest absolute Gasteiger partial charge is 0.232 e. The molecule has 130 valence electrons. The summed E-state index contributed by atoms with van der Waals surface area (Å²) in [4.78, 5) is 18.5. The molecule has 1 atom stereocenters. The summed E-state index contributed by atoms with van der Waals surface area (Å²) in [6.45, 7) is 1.90. The molecular weight excluding hydrogens is 346 g/mol. The summed E-state index contributed by atoms with van der Waals surface area (Å²) in [5, 5.41) is 3.29. The normalized spacial score (nSPS) is 16.6. The quantitative estimate of drug-likeness (QED) is 0.850. The van der Waals surface area contributed by atoms with E-state index in [2.05, 4.69) is 10.3 Å². The number of rotatable bonds is 6. The Bertz CT molecular complexity index is 644. The molecule has 24 heavy (non-hydrogen) atoms. The molecule has 0 spiro atoms. The summed E-state index contributed by atoms with van der Waals surface area (Å²) in [6.07, 6.45) is 2.71. The first-order valence-corrected chi connectivity index (χ1v) is 8.93. The molecule has 1 aromatic heterocycles. The third kappa shape index (κ3) is 4.75. The fraction of sp³-hybridized carbons (Fsp3) is 0.412. The Morgan fingerprint density at radius 2 is 2.21 bits per heavy atom. The molecule has 2 heterocycles. The molecule has 5 nitrogen and oxygen atoms in total. The molecular formula is C17H22ClN3O2S. The molecule has 7 heteroatoms. The molecule has 1 aliphatic heterocycles. The van der Waals surface area contributed by atoms with Crippen LogP contribution in [0.2, 0.25) is 0 Å². The number of thioether (sulfide) groups is 1. The van der Waals surface area contributed by atoms with Gasteiger partial charge in [-0.05, 0) is 25.1 Å². The topological polar surface area (TPSA) is 58.4 Å². The van der Waals surface area contributed by atoms with Gasteiger partial charge >= 0.3 is 0 Å². The fourth-order valence-corrected chi connectivity index (χ4v) is 3.43. The highest BCUT2D eigenvalue weighted by Crippen LogP contribution is 2.20. The first kappa shape index (κ1) is 18.8. The maximum absolute atomic E-state index is 12.2. The van der Waals surface area contributed by atoms with E-state index in [0.717, 1.165) is 30.8 Å². The largest absolute Gasteiger partial charge is 0.444 e. The SMILES string of the molecule is CN(C(=O)CSCc1coc(-c2ccccc2)n1)C1CCNC1.Cl. The fourth-order valence-electron chi connectivity index (χ4n) is 2.60. The van der Waals surface area contributed by atoms with Crippen LogP contribution in [-0.4, -0.2) is 47.7 Å². The number of nitrogens with zero attached hydrogens (tertiary/aromatic N) is 2. The molecule has 1 aromatic carbocycles. The summed E-state index contributed by atoms with van der Waals surface area (Å²) in [5.74, 6) is 1.96. The lowest BCUT2D eigenvalue weighted by atomic mass is 10.2. The van der Waals surface area contributed by atoms with Crippen molar-refractivity contribution in [2.24, 2.45) is 0 Å². The van der Waals surface area contributed by atoms with Gasteiger partial charge < -0.3 is 14.6 Å². The highest BCUT2D eigenvalue weighted by atomic mass is 35.5. The van der Waals surface area contributed by atoms with Gasteiger partial charge in [-0.25, -0.2) is 4.98 Å². The molecule has 1 saturated heterocycles. The minimum absolute atomic E-state index is 0. The summed E-state index contributed by atoms with van der Waals surface area (Å²) in [7, 11) is 1.89. The molecule has 1 amide bonds. The van der Waals surface area contributed by atoms with E-state index >= 15 is 0 Å². The van der Waals surface area contributed by atoms with Crippen molar-refractivity contribution < 1.29 is 9.21 Å². The van der Waals surface area contributed by atoms with E-state index in [1.165, 1.54) is 0 Å². The zero-order valence-electron chi connectivity index (χ0n) is 13.6. The van der Waals surface area contributed by atoms with E-state index in [1.54, 1.807) is 18.0 Å². The van der Waals surface area contributed by atoms with E-state index < -0.39 is 0 Å². The number of halogens is 1. The van der Waals surface area contributed by atoms with Gasteiger partial charge in [-0.1, -0.05) is 18.2 Å². The Kier molecular flexibility index (Phi) is 7.15. The van der Waals surface area contributed by atoms with Crippen LogP contribution in [0.5, 0.6) is 0 Å². The Morgan fingerprint density at radius 3 is 2.92 bits per heavy atom. The Hall–Kier alpha value is -1.50. The molecule has 0 radical (unpaired) electrons. The molecule has 0 aliphatic carbocycles. The number of aromatic nitrogens is 1. The lowest BCUT2D eigenvalue weighted by molar-refractivity contribution is -0.128. The Labute approximate surface area is 152 Å². The van der Waals surface area contributed by atoms with E-state index in [-0.39, 0.29) is 18.3 Å². The highest BCUT2D eigenvalue weighted by molar-refractivity contribution is 7.99. The molecule has 1 unspecified atom stereocenters. The lowest BCUT2D eigenvalue weighted by Gasteiger charge is -2.23. The first-order valence-electron chi connectivity index (χ1n) is 7.78. The molecule has 0 bridgehead atoms. The second kappa shape index (κ2) is 9.11. The van der Waals surface area contributed by atoms with E-state index in [9.17, 15) is 4.79 Å². The van der Waals surface area contributed by atoms with Crippen LogP contribution < -0.4 is 5.32 Å². The van der Waals surface area contributed by atoms with Crippen molar-refractivity contribution in [3.8, 4) is 11.5 Å². The van der Waals surface area contributed by atoms with E-state index in [0.29, 0.717) is 23.4 Å². The third-order valence-electron chi connectivity index (χ3n) is 4.02. The van der Waals surface area contributed by atoms with Crippen LogP contribution in [0.4, 0.5) is 0 Å².